The summed E-state index contributed by atoms with van der Waals surface area (Å²) in [5, 5.41) is 6.23. The minimum Gasteiger partial charge on any atom is -0.467 e. The van der Waals surface area contributed by atoms with Crippen LogP contribution in [-0.2, 0) is 63.6 Å². The Hall–Kier alpha value is -4.08. The number of rotatable bonds is 15. The molecular formula is C34H46N2O13. The fraction of sp³-hybridized carbons (Fsp3) is 0.647. The molecular weight excluding hydrogens is 644 g/mol. The molecule has 1 aromatic rings. The van der Waals surface area contributed by atoms with Crippen LogP contribution in [0.4, 0.5) is 0 Å². The van der Waals surface area contributed by atoms with Gasteiger partial charge in [0.15, 0.2) is 18.3 Å². The lowest BCUT2D eigenvalue weighted by atomic mass is 9.91. The summed E-state index contributed by atoms with van der Waals surface area (Å²) in [5.41, 5.74) is 1.63. The first-order valence-corrected chi connectivity index (χ1v) is 16.4. The maximum atomic E-state index is 13.4. The first-order chi connectivity index (χ1) is 23.4. The van der Waals surface area contributed by atoms with Gasteiger partial charge in [-0.1, -0.05) is 13.0 Å². The largest absolute Gasteiger partial charge is 0.467 e. The summed E-state index contributed by atoms with van der Waals surface area (Å²) in [6.45, 7) is 4.83. The average Bonchev–Trinajstić information content (AvgIpc) is 3.79. The molecule has 0 bridgehead atoms. The third-order valence-electron chi connectivity index (χ3n) is 9.08. The molecule has 2 heterocycles. The summed E-state index contributed by atoms with van der Waals surface area (Å²) < 4.78 is 38.1. The Morgan fingerprint density at radius 2 is 1.69 bits per heavy atom. The van der Waals surface area contributed by atoms with Gasteiger partial charge >= 0.3 is 23.9 Å². The van der Waals surface area contributed by atoms with E-state index >= 15 is 0 Å². The third-order valence-corrected chi connectivity index (χ3v) is 9.08. The Labute approximate surface area is 284 Å². The molecule has 1 amide bonds. The lowest BCUT2D eigenvalue weighted by Crippen LogP contribution is -2.61. The maximum Gasteiger partial charge on any atom is 0.339 e. The third kappa shape index (κ3) is 9.34. The predicted molar refractivity (Wildman–Crippen MR) is 169 cm³/mol. The highest BCUT2D eigenvalue weighted by molar-refractivity contribution is 5.86. The number of carbonyl (C=O) groups excluding carboxylic acids is 6. The van der Waals surface area contributed by atoms with Crippen molar-refractivity contribution < 1.29 is 61.9 Å². The minimum absolute atomic E-state index is 0.0306. The van der Waals surface area contributed by atoms with E-state index in [9.17, 15) is 28.8 Å². The highest BCUT2D eigenvalue weighted by Gasteiger charge is 2.54. The number of nitrogens with one attached hydrogen (secondary N) is 2. The smallest absolute Gasteiger partial charge is 0.339 e. The number of benzene rings is 1. The number of methoxy groups -OCH3 is 3. The van der Waals surface area contributed by atoms with Gasteiger partial charge in [0.05, 0.1) is 26.2 Å². The molecule has 15 nitrogen and oxygen atoms in total. The lowest BCUT2D eigenvalue weighted by Gasteiger charge is -2.42. The van der Waals surface area contributed by atoms with Crippen LogP contribution in [0.2, 0.25) is 0 Å². The number of hydrogen-bond acceptors (Lipinski definition) is 14. The molecule has 9 atom stereocenters. The van der Waals surface area contributed by atoms with Crippen LogP contribution in [0.15, 0.2) is 18.2 Å². The van der Waals surface area contributed by atoms with Gasteiger partial charge in [-0.15, -0.1) is 0 Å². The quantitative estimate of drug-likeness (QED) is 0.151. The van der Waals surface area contributed by atoms with Crippen molar-refractivity contribution in [2.24, 2.45) is 11.8 Å². The molecule has 270 valence electrons. The van der Waals surface area contributed by atoms with Gasteiger partial charge in [-0.2, -0.15) is 0 Å². The molecule has 2 saturated heterocycles. The van der Waals surface area contributed by atoms with Gasteiger partial charge < -0.3 is 48.6 Å². The van der Waals surface area contributed by atoms with Crippen LogP contribution in [0.25, 0.3) is 0 Å². The fourth-order valence-corrected chi connectivity index (χ4v) is 6.53. The van der Waals surface area contributed by atoms with Gasteiger partial charge in [0.25, 0.3) is 0 Å². The molecule has 3 fully saturated rings. The Bertz CT molecular complexity index is 1380. The number of aldehydes is 1. The fourth-order valence-electron chi connectivity index (χ4n) is 6.53. The zero-order chi connectivity index (χ0) is 35.8. The summed E-state index contributed by atoms with van der Waals surface area (Å²) in [4.78, 5) is 75.2. The van der Waals surface area contributed by atoms with Gasteiger partial charge in [-0.25, -0.2) is 9.59 Å². The van der Waals surface area contributed by atoms with E-state index in [0.29, 0.717) is 6.29 Å². The van der Waals surface area contributed by atoms with E-state index in [1.807, 2.05) is 0 Å². The normalized spacial score (nSPS) is 26.7. The summed E-state index contributed by atoms with van der Waals surface area (Å²) in [6, 6.07) is 4.14. The van der Waals surface area contributed by atoms with Crippen LogP contribution in [0.3, 0.4) is 0 Å². The van der Waals surface area contributed by atoms with E-state index in [4.69, 9.17) is 33.2 Å². The van der Waals surface area contributed by atoms with Crippen molar-refractivity contribution in [3.05, 3.63) is 29.3 Å². The van der Waals surface area contributed by atoms with Crippen LogP contribution in [0, 0.1) is 11.8 Å². The van der Waals surface area contributed by atoms with E-state index in [2.05, 4.69) is 10.6 Å². The molecule has 1 saturated carbocycles. The SMILES string of the molecule is COC(=O)C(Cc1ccc(OC2O[C@H](C(=O)OC)C(OC(C)=O)C(OC(C)=O)C2C=O)cc1C1CC1)NC(=O)C(C)C(OC)[C@@H]1CCCN1. The molecule has 3 aliphatic rings. The molecule has 1 aromatic carbocycles. The number of carbonyl (C=O) groups is 6. The number of ether oxygens (including phenoxy) is 7. The maximum absolute atomic E-state index is 13.4. The Morgan fingerprint density at radius 3 is 2.24 bits per heavy atom. The summed E-state index contributed by atoms with van der Waals surface area (Å²) >= 11 is 0. The van der Waals surface area contributed by atoms with Crippen molar-refractivity contribution in [3.63, 3.8) is 0 Å². The molecule has 49 heavy (non-hydrogen) atoms. The van der Waals surface area contributed by atoms with Crippen molar-refractivity contribution in [1.29, 1.82) is 0 Å². The molecule has 1 aliphatic carbocycles. The molecule has 0 aromatic heterocycles. The topological polar surface area (TPSA) is 191 Å². The van der Waals surface area contributed by atoms with Crippen LogP contribution in [0.5, 0.6) is 5.75 Å². The summed E-state index contributed by atoms with van der Waals surface area (Å²) in [6.07, 6.45) is -2.07. The second-order valence-corrected chi connectivity index (χ2v) is 12.5. The zero-order valence-electron chi connectivity index (χ0n) is 28.6. The lowest BCUT2D eigenvalue weighted by molar-refractivity contribution is -0.258. The van der Waals surface area contributed by atoms with Crippen molar-refractivity contribution in [2.75, 3.05) is 27.9 Å². The van der Waals surface area contributed by atoms with Crippen molar-refractivity contribution in [2.45, 2.75) is 102 Å². The molecule has 2 aliphatic heterocycles. The van der Waals surface area contributed by atoms with Gasteiger partial charge in [-0.3, -0.25) is 14.4 Å². The second-order valence-electron chi connectivity index (χ2n) is 12.5. The van der Waals surface area contributed by atoms with E-state index < -0.39 is 66.4 Å². The molecule has 7 unspecified atom stereocenters. The van der Waals surface area contributed by atoms with Gasteiger partial charge in [0, 0.05) is 33.4 Å². The Kier molecular flexibility index (Phi) is 13.1. The van der Waals surface area contributed by atoms with Gasteiger partial charge in [0.1, 0.15) is 24.0 Å². The van der Waals surface area contributed by atoms with Crippen molar-refractivity contribution in [1.82, 2.24) is 10.6 Å². The minimum atomic E-state index is -1.57. The van der Waals surface area contributed by atoms with Gasteiger partial charge in [-0.05, 0) is 61.4 Å². The van der Waals surface area contributed by atoms with E-state index in [1.165, 1.54) is 7.11 Å². The molecule has 0 radical (unpaired) electrons. The second kappa shape index (κ2) is 17.0. The van der Waals surface area contributed by atoms with E-state index in [0.717, 1.165) is 64.3 Å². The highest BCUT2D eigenvalue weighted by Crippen LogP contribution is 2.44. The monoisotopic (exact) mass is 690 g/mol. The van der Waals surface area contributed by atoms with Crippen molar-refractivity contribution >= 4 is 36.1 Å². The standard InChI is InChI=1S/C34H46N2O13/c1-17(27(43-4)25-8-7-13-35-25)31(40)36-26(32(41)44-5)14-21-11-12-22(15-23(21)20-9-10-20)48-34-24(16-37)28(46-18(2)38)29(47-19(3)39)30(49-34)33(42)45-6/h11-12,15-17,20,24-30,34-35H,7-10,13-14H2,1-6H3,(H,36,40)/t17?,24?,25-,26?,27?,28?,29?,30-,34?/m0/s1. The molecule has 4 rings (SSSR count). The summed E-state index contributed by atoms with van der Waals surface area (Å²) in [5.74, 6) is -4.89. The van der Waals surface area contributed by atoms with Crippen LogP contribution >= 0.6 is 0 Å². The number of amides is 1. The summed E-state index contributed by atoms with van der Waals surface area (Å²) in [7, 11) is 3.93. The molecule has 2 N–H and O–H groups in total. The van der Waals surface area contributed by atoms with Crippen molar-refractivity contribution in [3.8, 4) is 5.75 Å². The van der Waals surface area contributed by atoms with Crippen LogP contribution in [-0.4, -0.2) is 107 Å². The Balaban J connectivity index is 1.57. The van der Waals surface area contributed by atoms with Gasteiger partial charge in [0.2, 0.25) is 12.2 Å². The van der Waals surface area contributed by atoms with E-state index in [-0.39, 0.29) is 36.1 Å². The first-order valence-electron chi connectivity index (χ1n) is 16.4. The first kappa shape index (κ1) is 37.7. The number of esters is 4. The van der Waals surface area contributed by atoms with Crippen LogP contribution in [0.1, 0.15) is 63.5 Å². The predicted octanol–water partition coefficient (Wildman–Crippen LogP) is 1.12. The Morgan fingerprint density at radius 1 is 1.00 bits per heavy atom. The molecule has 0 spiro atoms. The molecule has 15 heteroatoms. The number of hydrogen-bond donors (Lipinski definition) is 2. The highest BCUT2D eigenvalue weighted by atomic mass is 16.7. The van der Waals surface area contributed by atoms with E-state index in [1.54, 1.807) is 32.2 Å². The average molecular weight is 691 g/mol. The zero-order valence-corrected chi connectivity index (χ0v) is 28.6. The van der Waals surface area contributed by atoms with Crippen LogP contribution < -0.4 is 15.4 Å².